The van der Waals surface area contributed by atoms with Gasteiger partial charge in [-0.2, -0.15) is 0 Å². The number of guanidine groups is 1. The van der Waals surface area contributed by atoms with Gasteiger partial charge in [-0.1, -0.05) is 102 Å². The molecule has 1 saturated heterocycles. The van der Waals surface area contributed by atoms with E-state index in [1.165, 1.54) is 4.90 Å². The monoisotopic (exact) mass is 657 g/mol. The summed E-state index contributed by atoms with van der Waals surface area (Å²) in [6, 6.07) is 16.9. The second-order valence-electron chi connectivity index (χ2n) is 12.2. The van der Waals surface area contributed by atoms with Crippen LogP contribution >= 0.6 is 0 Å². The lowest BCUT2D eigenvalue weighted by Crippen LogP contribution is -2.55. The lowest BCUT2D eigenvalue weighted by atomic mass is 10.1. The molecule has 2 amide bonds. The fourth-order valence-corrected chi connectivity index (χ4v) is 11.5. The molecule has 46 heavy (non-hydrogen) atoms. The number of ether oxygens (including phenoxy) is 3. The smallest absolute Gasteiger partial charge is 0.437 e. The molecular weight excluding hydrogens is 610 g/mol. The number of nitrogens with zero attached hydrogens (tertiary/aromatic N) is 3. The summed E-state index contributed by atoms with van der Waals surface area (Å²) < 4.78 is 22.4. The van der Waals surface area contributed by atoms with Gasteiger partial charge in [0.25, 0.3) is 0 Å². The molecular formula is C33H47N3O9Si. The molecule has 0 aliphatic carbocycles. The summed E-state index contributed by atoms with van der Waals surface area (Å²) in [7, 11) is -1.45. The number of amides is 2. The average molecular weight is 658 g/mol. The molecule has 0 radical (unpaired) electrons. The van der Waals surface area contributed by atoms with Gasteiger partial charge in [-0.3, -0.25) is 0 Å². The number of carbonyl (C=O) groups excluding carboxylic acids is 3. The van der Waals surface area contributed by atoms with Crippen molar-refractivity contribution in [3.8, 4) is 0 Å². The lowest BCUT2D eigenvalue weighted by molar-refractivity contribution is -0.158. The van der Waals surface area contributed by atoms with E-state index >= 15 is 0 Å². The standard InChI is InChI=1S/C33H47N3O9Si/c1-22(2)46(23(3)4,24(5)6)45-21-36-27(28(37)29(38)30(39)42-7)18-35(33(41)44-20-26-16-12-9-13-17-26)31(36)34-32(40)43-19-25-14-10-8-11-15-25/h8-17,22-24,27-29,37-38H,18-21H2,1-7H3/b34-31-/t27-,28-,29+/m0/s1. The minimum absolute atomic E-state index is 0.0669. The van der Waals surface area contributed by atoms with Gasteiger partial charge in [0.1, 0.15) is 26.0 Å². The van der Waals surface area contributed by atoms with Gasteiger partial charge in [-0.25, -0.2) is 19.3 Å². The van der Waals surface area contributed by atoms with E-state index in [4.69, 9.17) is 13.9 Å². The molecule has 3 rings (SSSR count). The zero-order valence-electron chi connectivity index (χ0n) is 27.7. The van der Waals surface area contributed by atoms with Gasteiger partial charge in [0.05, 0.1) is 19.7 Å². The highest BCUT2D eigenvalue weighted by atomic mass is 28.4. The first-order chi connectivity index (χ1) is 21.8. The summed E-state index contributed by atoms with van der Waals surface area (Å²) in [5.41, 5.74) is 2.01. The average Bonchev–Trinajstić information content (AvgIpc) is 3.39. The van der Waals surface area contributed by atoms with E-state index in [-0.39, 0.29) is 49.1 Å². The van der Waals surface area contributed by atoms with Crippen molar-refractivity contribution in [2.75, 3.05) is 20.4 Å². The van der Waals surface area contributed by atoms with E-state index in [1.807, 2.05) is 36.4 Å². The third kappa shape index (κ3) is 8.72. The van der Waals surface area contributed by atoms with E-state index in [2.05, 4.69) is 51.3 Å². The van der Waals surface area contributed by atoms with Gasteiger partial charge >= 0.3 is 18.2 Å². The van der Waals surface area contributed by atoms with E-state index < -0.39 is 44.7 Å². The highest BCUT2D eigenvalue weighted by Crippen LogP contribution is 2.42. The fourth-order valence-electron chi connectivity index (χ4n) is 6.18. The third-order valence-corrected chi connectivity index (χ3v) is 14.5. The Morgan fingerprint density at radius 2 is 1.35 bits per heavy atom. The number of esters is 1. The zero-order valence-corrected chi connectivity index (χ0v) is 28.7. The number of aliphatic imine (C=N–C) groups is 1. The number of rotatable bonds is 13. The van der Waals surface area contributed by atoms with Crippen molar-refractivity contribution < 1.29 is 43.2 Å². The molecule has 12 nitrogen and oxygen atoms in total. The van der Waals surface area contributed by atoms with Crippen LogP contribution in [0, 0.1) is 0 Å². The predicted octanol–water partition coefficient (Wildman–Crippen LogP) is 5.05. The number of hydrogen-bond donors (Lipinski definition) is 2. The van der Waals surface area contributed by atoms with Crippen LogP contribution in [0.15, 0.2) is 65.7 Å². The van der Waals surface area contributed by atoms with Crippen LogP contribution in [0.1, 0.15) is 52.7 Å². The Bertz CT molecular complexity index is 1300. The SMILES string of the molecule is COC(=O)[C@H](O)[C@@H](O)[C@@H]1CN(C(=O)OCc2ccccc2)/C(=N/C(=O)OCc2ccccc2)N1CO[Si](C(C)C)(C(C)C)C(C)C. The fraction of sp³-hybridized carbons (Fsp3) is 0.515. The maximum absolute atomic E-state index is 13.6. The van der Waals surface area contributed by atoms with Crippen LogP contribution in [0.5, 0.6) is 0 Å². The Morgan fingerprint density at radius 3 is 1.83 bits per heavy atom. The highest BCUT2D eigenvalue weighted by Gasteiger charge is 2.50. The van der Waals surface area contributed by atoms with Crippen molar-refractivity contribution in [3.63, 3.8) is 0 Å². The molecule has 0 saturated carbocycles. The maximum Gasteiger partial charge on any atom is 0.437 e. The van der Waals surface area contributed by atoms with E-state index in [9.17, 15) is 24.6 Å². The molecule has 1 fully saturated rings. The normalized spacial score (nSPS) is 17.5. The quantitative estimate of drug-likeness (QED) is 0.170. The molecule has 0 unspecified atom stereocenters. The van der Waals surface area contributed by atoms with Gasteiger partial charge in [0.15, 0.2) is 6.10 Å². The number of carbonyl (C=O) groups is 3. The van der Waals surface area contributed by atoms with Gasteiger partial charge in [0, 0.05) is 0 Å². The molecule has 13 heteroatoms. The first kappa shape index (κ1) is 36.7. The number of methoxy groups -OCH3 is 1. The van der Waals surface area contributed by atoms with Crippen molar-refractivity contribution in [2.45, 2.75) is 89.6 Å². The van der Waals surface area contributed by atoms with Gasteiger partial charge in [-0.05, 0) is 27.8 Å². The van der Waals surface area contributed by atoms with Crippen LogP contribution in [-0.4, -0.2) is 91.1 Å². The summed E-state index contributed by atoms with van der Waals surface area (Å²) in [5, 5.41) is 21.9. The van der Waals surface area contributed by atoms with Crippen molar-refractivity contribution in [2.24, 2.45) is 4.99 Å². The number of benzene rings is 2. The van der Waals surface area contributed by atoms with Gasteiger partial charge < -0.3 is 33.7 Å². The molecule has 2 aromatic carbocycles. The first-order valence-electron chi connectivity index (χ1n) is 15.5. The lowest BCUT2D eigenvalue weighted by Gasteiger charge is -2.44. The molecule has 1 aliphatic heterocycles. The molecule has 252 valence electrons. The topological polar surface area (TPSA) is 147 Å². The van der Waals surface area contributed by atoms with Crippen LogP contribution in [0.25, 0.3) is 0 Å². The van der Waals surface area contributed by atoms with Crippen LogP contribution < -0.4 is 0 Å². The summed E-state index contributed by atoms with van der Waals surface area (Å²) in [6.45, 7) is 12.0. The zero-order chi connectivity index (χ0) is 34.0. The second-order valence-corrected chi connectivity index (χ2v) is 17.6. The molecule has 2 N–H and O–H groups in total. The van der Waals surface area contributed by atoms with Crippen LogP contribution in [0.4, 0.5) is 9.59 Å². The summed E-state index contributed by atoms with van der Waals surface area (Å²) in [4.78, 5) is 45.6. The molecule has 1 aliphatic rings. The number of hydrogen-bond acceptors (Lipinski definition) is 9. The minimum atomic E-state index is -2.54. The Hall–Kier alpha value is -3.78. The van der Waals surface area contributed by atoms with Crippen molar-refractivity contribution >= 4 is 32.4 Å². The number of aliphatic hydroxyl groups excluding tert-OH is 2. The summed E-state index contributed by atoms with van der Waals surface area (Å²) in [6.07, 6.45) is -5.55. The van der Waals surface area contributed by atoms with E-state index in [1.54, 1.807) is 24.3 Å². The molecule has 3 atom stereocenters. The van der Waals surface area contributed by atoms with E-state index in [0.717, 1.165) is 23.1 Å². The molecule has 1 heterocycles. The molecule has 0 spiro atoms. The Kier molecular flexibility index (Phi) is 13.3. The Morgan fingerprint density at radius 1 is 0.848 bits per heavy atom. The van der Waals surface area contributed by atoms with Crippen LogP contribution in [0.2, 0.25) is 16.6 Å². The molecule has 0 aromatic heterocycles. The van der Waals surface area contributed by atoms with Crippen LogP contribution in [0.3, 0.4) is 0 Å². The molecule has 0 bridgehead atoms. The summed E-state index contributed by atoms with van der Waals surface area (Å²) in [5.74, 6) is -1.26. The number of aliphatic hydroxyl groups is 2. The third-order valence-electron chi connectivity index (χ3n) is 8.41. The molecule has 2 aromatic rings. The van der Waals surface area contributed by atoms with Crippen LogP contribution in [-0.2, 0) is 36.6 Å². The Balaban J connectivity index is 2.04. The van der Waals surface area contributed by atoms with Crippen molar-refractivity contribution in [3.05, 3.63) is 71.8 Å². The van der Waals surface area contributed by atoms with Gasteiger partial charge in [0.2, 0.25) is 14.3 Å². The Labute approximate surface area is 272 Å². The maximum atomic E-state index is 13.6. The minimum Gasteiger partial charge on any atom is -0.467 e. The predicted molar refractivity (Wildman–Crippen MR) is 174 cm³/mol. The van der Waals surface area contributed by atoms with Crippen molar-refractivity contribution in [1.82, 2.24) is 9.80 Å². The summed E-state index contributed by atoms with van der Waals surface area (Å²) >= 11 is 0. The van der Waals surface area contributed by atoms with Gasteiger partial charge in [-0.15, -0.1) is 4.99 Å². The second kappa shape index (κ2) is 16.7. The van der Waals surface area contributed by atoms with E-state index in [0.29, 0.717) is 0 Å². The van der Waals surface area contributed by atoms with Crippen molar-refractivity contribution in [1.29, 1.82) is 0 Å². The highest BCUT2D eigenvalue weighted by molar-refractivity contribution is 6.77. The first-order valence-corrected chi connectivity index (χ1v) is 17.6. The largest absolute Gasteiger partial charge is 0.467 e.